The fourth-order valence-corrected chi connectivity index (χ4v) is 7.90. The minimum atomic E-state index is -0.340. The third-order valence-electron chi connectivity index (χ3n) is 11.5. The van der Waals surface area contributed by atoms with Crippen LogP contribution < -0.4 is 5.32 Å². The molecule has 2 aromatic heterocycles. The van der Waals surface area contributed by atoms with Gasteiger partial charge in [0, 0.05) is 46.6 Å². The van der Waals surface area contributed by atoms with Crippen LogP contribution in [0.5, 0.6) is 0 Å². The molecule has 2 aliphatic rings. The van der Waals surface area contributed by atoms with Crippen molar-refractivity contribution >= 4 is 18.2 Å². The lowest BCUT2D eigenvalue weighted by molar-refractivity contribution is 0.0265. The quantitative estimate of drug-likeness (QED) is 0.197. The van der Waals surface area contributed by atoms with Crippen molar-refractivity contribution in [3.63, 3.8) is 0 Å². The molecule has 1 N–H and O–H groups in total. The van der Waals surface area contributed by atoms with Gasteiger partial charge in [-0.15, -0.1) is 0 Å². The molecule has 8 atom stereocenters. The number of rotatable bonds is 8. The summed E-state index contributed by atoms with van der Waals surface area (Å²) in [6.07, 6.45) is 15.2. The Balaban J connectivity index is 1.08. The van der Waals surface area contributed by atoms with E-state index < -0.39 is 0 Å². The Bertz CT molecular complexity index is 1990. The van der Waals surface area contributed by atoms with Gasteiger partial charge in [0.25, 0.3) is 0 Å². The summed E-state index contributed by atoms with van der Waals surface area (Å²) < 4.78 is 6.14. The summed E-state index contributed by atoms with van der Waals surface area (Å²) in [6.45, 7) is 9.07. The average molecular weight is 690 g/mol. The van der Waals surface area contributed by atoms with Crippen LogP contribution in [0.1, 0.15) is 75.9 Å². The Morgan fingerprint density at radius 1 is 0.731 bits per heavy atom. The Morgan fingerprint density at radius 2 is 1.31 bits per heavy atom. The highest BCUT2D eigenvalue weighted by Crippen LogP contribution is 2.39. The molecular formula is C45H47N5O2. The van der Waals surface area contributed by atoms with Crippen molar-refractivity contribution in [1.82, 2.24) is 15.3 Å². The molecule has 0 bridgehead atoms. The highest BCUT2D eigenvalue weighted by atomic mass is 16.6. The second-order valence-corrected chi connectivity index (χ2v) is 14.7. The molecule has 0 radical (unpaired) electrons. The van der Waals surface area contributed by atoms with E-state index in [0.29, 0.717) is 34.8 Å². The smallest absolute Gasteiger partial charge is 0.407 e. The van der Waals surface area contributed by atoms with E-state index in [0.717, 1.165) is 59.3 Å². The van der Waals surface area contributed by atoms with Crippen LogP contribution in [0.25, 0.3) is 34.4 Å². The first-order chi connectivity index (χ1) is 25.2. The number of alkyl carbamates (subject to hydrolysis) is 1. The molecule has 52 heavy (non-hydrogen) atoms. The molecule has 2 fully saturated rings. The van der Waals surface area contributed by atoms with Gasteiger partial charge in [-0.25, -0.2) is 4.79 Å². The second kappa shape index (κ2) is 16.7. The molecule has 4 aromatic rings. The molecule has 0 aliphatic heterocycles. The highest BCUT2D eigenvalue weighted by Gasteiger charge is 2.37. The molecule has 264 valence electrons. The maximum Gasteiger partial charge on any atom is 0.407 e. The largest absolute Gasteiger partial charge is 0.446 e. The third-order valence-corrected chi connectivity index (χ3v) is 11.5. The van der Waals surface area contributed by atoms with E-state index in [1.165, 1.54) is 0 Å². The Labute approximate surface area is 308 Å². The van der Waals surface area contributed by atoms with Crippen molar-refractivity contribution in [2.45, 2.75) is 65.5 Å². The fourth-order valence-electron chi connectivity index (χ4n) is 7.90. The van der Waals surface area contributed by atoms with Crippen molar-refractivity contribution in [3.05, 3.63) is 120 Å². The van der Waals surface area contributed by atoms with Gasteiger partial charge < -0.3 is 10.1 Å². The lowest BCUT2D eigenvalue weighted by Gasteiger charge is -2.40. The summed E-state index contributed by atoms with van der Waals surface area (Å²) in [5.41, 5.74) is 6.52. The van der Waals surface area contributed by atoms with Gasteiger partial charge in [-0.1, -0.05) is 88.4 Å². The van der Waals surface area contributed by atoms with Crippen molar-refractivity contribution in [2.24, 2.45) is 35.5 Å². The summed E-state index contributed by atoms with van der Waals surface area (Å²) in [4.78, 5) is 22.8. The number of allylic oxidation sites excluding steroid dienone is 1. The van der Waals surface area contributed by atoms with Gasteiger partial charge in [-0.3, -0.25) is 9.97 Å². The van der Waals surface area contributed by atoms with E-state index in [1.807, 2.05) is 91.3 Å². The number of hydrogen-bond donors (Lipinski definition) is 1. The van der Waals surface area contributed by atoms with Crippen LogP contribution in [-0.2, 0) is 4.74 Å². The third kappa shape index (κ3) is 8.49. The molecule has 1 amide bonds. The van der Waals surface area contributed by atoms with Gasteiger partial charge in [-0.05, 0) is 91.7 Å². The first-order valence-corrected chi connectivity index (χ1v) is 18.5. The number of nitriles is 2. The first-order valence-electron chi connectivity index (χ1n) is 18.5. The molecule has 0 spiro atoms. The zero-order valence-corrected chi connectivity index (χ0v) is 30.4. The predicted octanol–water partition coefficient (Wildman–Crippen LogP) is 10.1. The van der Waals surface area contributed by atoms with Gasteiger partial charge in [0.15, 0.2) is 0 Å². The van der Waals surface area contributed by atoms with E-state index in [1.54, 1.807) is 0 Å². The maximum atomic E-state index is 13.4. The molecule has 7 nitrogen and oxygen atoms in total. The van der Waals surface area contributed by atoms with Crippen LogP contribution in [-0.4, -0.2) is 28.2 Å². The average Bonchev–Trinajstić information content (AvgIpc) is 3.17. The van der Waals surface area contributed by atoms with E-state index in [-0.39, 0.29) is 30.1 Å². The number of nitrogens with zero attached hydrogens (tertiary/aromatic N) is 4. The predicted molar refractivity (Wildman–Crippen MR) is 206 cm³/mol. The number of ether oxygens (including phenoxy) is 1. The summed E-state index contributed by atoms with van der Waals surface area (Å²) in [5.74, 6) is 2.16. The van der Waals surface area contributed by atoms with E-state index >= 15 is 0 Å². The first kappa shape index (κ1) is 36.3. The number of aromatic nitrogens is 2. The summed E-state index contributed by atoms with van der Waals surface area (Å²) >= 11 is 0. The zero-order valence-electron chi connectivity index (χ0n) is 30.4. The van der Waals surface area contributed by atoms with Crippen LogP contribution in [0, 0.1) is 58.2 Å². The van der Waals surface area contributed by atoms with Crippen LogP contribution >= 0.6 is 0 Å². The number of hydrogen-bond acceptors (Lipinski definition) is 6. The minimum absolute atomic E-state index is 0.0264. The molecule has 6 rings (SSSR count). The van der Waals surface area contributed by atoms with Gasteiger partial charge >= 0.3 is 6.09 Å². The minimum Gasteiger partial charge on any atom is -0.446 e. The van der Waals surface area contributed by atoms with Gasteiger partial charge in [0.2, 0.25) is 0 Å². The maximum absolute atomic E-state index is 13.4. The van der Waals surface area contributed by atoms with Crippen LogP contribution in [0.3, 0.4) is 0 Å². The second-order valence-electron chi connectivity index (χ2n) is 14.7. The molecule has 2 aromatic carbocycles. The zero-order chi connectivity index (χ0) is 36.6. The van der Waals surface area contributed by atoms with Crippen molar-refractivity contribution in [3.8, 4) is 34.4 Å². The van der Waals surface area contributed by atoms with Crippen molar-refractivity contribution in [2.75, 3.05) is 0 Å². The highest BCUT2D eigenvalue weighted by molar-refractivity contribution is 5.71. The lowest BCUT2D eigenvalue weighted by Crippen LogP contribution is -2.47. The molecule has 7 heteroatoms. The normalized spacial score (nSPS) is 26.0. The number of benzene rings is 2. The Morgan fingerprint density at radius 3 is 1.87 bits per heavy atom. The van der Waals surface area contributed by atoms with E-state index in [2.05, 4.69) is 73.3 Å². The number of carbonyl (C=O) groups excluding carboxylic acids is 1. The monoisotopic (exact) mass is 689 g/mol. The topological polar surface area (TPSA) is 112 Å². The van der Waals surface area contributed by atoms with Gasteiger partial charge in [0.05, 0.1) is 34.7 Å². The SMILES string of the molecule is C[C@H]1[C@H](/C=C/c2ccc(-c3ccccc3C#N)cn2)[C@H](NC(=O)OC2C[C@@H](/C=C/c3ccc(-c4ccccc4C#N)cn3)[C@H](C)[C@@H](C)C2)CC[C@@H]1C. The summed E-state index contributed by atoms with van der Waals surface area (Å²) in [5, 5.41) is 22.2. The number of amides is 1. The summed E-state index contributed by atoms with van der Waals surface area (Å²) in [6, 6.07) is 27.6. The molecule has 1 unspecified atom stereocenters. The molecule has 2 saturated carbocycles. The summed E-state index contributed by atoms with van der Waals surface area (Å²) in [7, 11) is 0. The van der Waals surface area contributed by atoms with Crippen LogP contribution in [0.2, 0.25) is 0 Å². The van der Waals surface area contributed by atoms with E-state index in [9.17, 15) is 15.3 Å². The standard InChI is InChI=1S/C45H47N5O2/c1-29-13-22-44(41(32(29)4)21-20-39-19-16-37(28-49-39)43-12-8-6-10-35(43)26-47)50-45(51)52-40-23-30(2)31(3)33(24-40)14-17-38-18-15-36(27-48-38)42-11-7-5-9-34(42)25-46/h5-12,14-21,27-33,40-41,44H,13,22-24H2,1-4H3,(H,50,51)/b17-14+,21-20+/t29-,30-,31+,32+,33+,40?,41-,44+/m0/s1. The lowest BCUT2D eigenvalue weighted by atomic mass is 9.71. The van der Waals surface area contributed by atoms with E-state index in [4.69, 9.17) is 4.74 Å². The van der Waals surface area contributed by atoms with Crippen LogP contribution in [0.15, 0.2) is 97.3 Å². The molecular weight excluding hydrogens is 643 g/mol. The molecule has 2 aliphatic carbocycles. The molecule has 2 heterocycles. The number of carbonyl (C=O) groups is 1. The molecule has 0 saturated heterocycles. The Hall–Kier alpha value is -5.53. The van der Waals surface area contributed by atoms with Crippen LogP contribution in [0.4, 0.5) is 4.79 Å². The Kier molecular flexibility index (Phi) is 11.6. The van der Waals surface area contributed by atoms with Crippen molar-refractivity contribution < 1.29 is 9.53 Å². The van der Waals surface area contributed by atoms with Gasteiger partial charge in [-0.2, -0.15) is 10.5 Å². The fraction of sp³-hybridized carbons (Fsp3) is 0.356. The number of nitrogens with one attached hydrogen (secondary N) is 1. The van der Waals surface area contributed by atoms with Crippen molar-refractivity contribution in [1.29, 1.82) is 10.5 Å². The van der Waals surface area contributed by atoms with Gasteiger partial charge in [0.1, 0.15) is 6.10 Å². The number of pyridine rings is 2.